The maximum absolute atomic E-state index is 5.52. The fraction of sp³-hybridized carbons (Fsp3) is 0.524. The molecule has 9 nitrogen and oxygen atoms in total. The minimum absolute atomic E-state index is 0.608. The number of morpholine rings is 2. The maximum atomic E-state index is 5.52. The molecule has 0 N–H and O–H groups in total. The van der Waals surface area contributed by atoms with Crippen LogP contribution in [0.15, 0.2) is 12.1 Å². The van der Waals surface area contributed by atoms with Crippen molar-refractivity contribution < 1.29 is 9.47 Å². The molecule has 9 heteroatoms. The Bertz CT molecular complexity index is 1030. The third-order valence-electron chi connectivity index (χ3n) is 5.83. The van der Waals surface area contributed by atoms with Crippen molar-refractivity contribution in [1.82, 2.24) is 24.5 Å². The van der Waals surface area contributed by atoms with Gasteiger partial charge in [-0.3, -0.25) is 4.57 Å². The first kappa shape index (κ1) is 19.2. The van der Waals surface area contributed by atoms with Crippen LogP contribution in [0.5, 0.6) is 0 Å². The van der Waals surface area contributed by atoms with Crippen LogP contribution >= 0.6 is 0 Å². The first-order chi connectivity index (χ1) is 14.6. The summed E-state index contributed by atoms with van der Waals surface area (Å²) in [6, 6.07) is 4.29. The van der Waals surface area contributed by atoms with Crippen LogP contribution in [0.2, 0.25) is 0 Å². The van der Waals surface area contributed by atoms with Crippen LogP contribution in [0, 0.1) is 20.8 Å². The Hall–Kier alpha value is -2.78. The van der Waals surface area contributed by atoms with Crippen LogP contribution in [-0.4, -0.2) is 77.1 Å². The molecule has 2 fully saturated rings. The molecule has 1 aromatic carbocycles. The highest BCUT2D eigenvalue weighted by molar-refractivity contribution is 5.79. The number of anilines is 2. The Morgan fingerprint density at radius 3 is 1.73 bits per heavy atom. The molecule has 0 atom stereocenters. The van der Waals surface area contributed by atoms with Gasteiger partial charge in [-0.1, -0.05) is 0 Å². The number of aromatic nitrogens is 5. The summed E-state index contributed by atoms with van der Waals surface area (Å²) >= 11 is 0. The van der Waals surface area contributed by atoms with Crippen LogP contribution in [0.3, 0.4) is 0 Å². The zero-order valence-corrected chi connectivity index (χ0v) is 17.8. The average Bonchev–Trinajstić information content (AvgIpc) is 3.09. The van der Waals surface area contributed by atoms with Crippen molar-refractivity contribution in [2.75, 3.05) is 62.4 Å². The van der Waals surface area contributed by atoms with Crippen LogP contribution in [0.1, 0.15) is 17.0 Å². The van der Waals surface area contributed by atoms with Crippen molar-refractivity contribution in [3.8, 4) is 5.95 Å². The van der Waals surface area contributed by atoms with Crippen molar-refractivity contribution in [2.24, 2.45) is 0 Å². The van der Waals surface area contributed by atoms with Gasteiger partial charge in [0.2, 0.25) is 17.8 Å². The van der Waals surface area contributed by atoms with E-state index in [2.05, 4.69) is 35.8 Å². The molecule has 2 saturated heterocycles. The molecule has 2 aliphatic heterocycles. The number of rotatable bonds is 3. The lowest BCUT2D eigenvalue weighted by atomic mass is 10.1. The Morgan fingerprint density at radius 2 is 1.17 bits per heavy atom. The molecule has 2 aromatic heterocycles. The molecule has 4 heterocycles. The highest BCUT2D eigenvalue weighted by atomic mass is 16.5. The van der Waals surface area contributed by atoms with E-state index in [4.69, 9.17) is 29.4 Å². The van der Waals surface area contributed by atoms with E-state index < -0.39 is 0 Å². The lowest BCUT2D eigenvalue weighted by Crippen LogP contribution is -2.40. The van der Waals surface area contributed by atoms with Gasteiger partial charge in [-0.2, -0.15) is 15.0 Å². The van der Waals surface area contributed by atoms with E-state index in [0.29, 0.717) is 44.3 Å². The molecule has 30 heavy (non-hydrogen) atoms. The number of aryl methyl sites for hydroxylation is 3. The minimum atomic E-state index is 0.608. The standard InChI is InChI=1S/C21H27N7O2/c1-14-12-17-18(13-15(14)2)28(16(3)22-17)21-24-19(26-4-8-29-9-5-26)23-20(25-21)27-6-10-30-11-7-27/h12-13H,4-11H2,1-3H3. The van der Waals surface area contributed by atoms with E-state index in [1.54, 1.807) is 0 Å². The number of benzene rings is 1. The van der Waals surface area contributed by atoms with E-state index in [1.165, 1.54) is 11.1 Å². The third-order valence-corrected chi connectivity index (χ3v) is 5.83. The summed E-state index contributed by atoms with van der Waals surface area (Å²) in [5, 5.41) is 0. The molecule has 0 unspecified atom stereocenters. The summed E-state index contributed by atoms with van der Waals surface area (Å²) in [6.45, 7) is 12.0. The number of hydrogen-bond acceptors (Lipinski definition) is 8. The molecule has 2 aliphatic rings. The van der Waals surface area contributed by atoms with Crippen molar-refractivity contribution in [3.63, 3.8) is 0 Å². The number of nitrogens with zero attached hydrogens (tertiary/aromatic N) is 7. The highest BCUT2D eigenvalue weighted by Crippen LogP contribution is 2.25. The van der Waals surface area contributed by atoms with Gasteiger partial charge in [0.25, 0.3) is 0 Å². The number of ether oxygens (including phenoxy) is 2. The second-order valence-corrected chi connectivity index (χ2v) is 7.85. The van der Waals surface area contributed by atoms with Gasteiger partial charge in [0.15, 0.2) is 0 Å². The molecule has 0 aliphatic carbocycles. The van der Waals surface area contributed by atoms with Crippen molar-refractivity contribution in [1.29, 1.82) is 0 Å². The largest absolute Gasteiger partial charge is 0.378 e. The zero-order valence-electron chi connectivity index (χ0n) is 17.8. The Morgan fingerprint density at radius 1 is 0.667 bits per heavy atom. The van der Waals surface area contributed by atoms with Gasteiger partial charge in [-0.25, -0.2) is 4.98 Å². The van der Waals surface area contributed by atoms with E-state index in [1.807, 2.05) is 11.5 Å². The zero-order chi connectivity index (χ0) is 20.7. The van der Waals surface area contributed by atoms with Gasteiger partial charge in [0.1, 0.15) is 5.82 Å². The second-order valence-electron chi connectivity index (χ2n) is 7.85. The predicted octanol–water partition coefficient (Wildman–Crippen LogP) is 1.81. The Labute approximate surface area is 175 Å². The van der Waals surface area contributed by atoms with Crippen LogP contribution in [0.4, 0.5) is 11.9 Å². The summed E-state index contributed by atoms with van der Waals surface area (Å²) in [7, 11) is 0. The molecule has 158 valence electrons. The van der Waals surface area contributed by atoms with E-state index in [9.17, 15) is 0 Å². The summed E-state index contributed by atoms with van der Waals surface area (Å²) in [4.78, 5) is 23.7. The van der Waals surface area contributed by atoms with Gasteiger partial charge in [-0.15, -0.1) is 0 Å². The second kappa shape index (κ2) is 7.81. The number of hydrogen-bond donors (Lipinski definition) is 0. The Balaban J connectivity index is 1.66. The van der Waals surface area contributed by atoms with Crippen LogP contribution < -0.4 is 9.80 Å². The van der Waals surface area contributed by atoms with Gasteiger partial charge in [0, 0.05) is 26.2 Å². The van der Waals surface area contributed by atoms with E-state index in [-0.39, 0.29) is 0 Å². The average molecular weight is 409 g/mol. The molecule has 0 amide bonds. The number of imidazole rings is 1. The molecule has 0 bridgehead atoms. The SMILES string of the molecule is Cc1cc2nc(C)n(-c3nc(N4CCOCC4)nc(N4CCOCC4)n3)c2cc1C. The fourth-order valence-electron chi connectivity index (χ4n) is 3.96. The highest BCUT2D eigenvalue weighted by Gasteiger charge is 2.23. The first-order valence-corrected chi connectivity index (χ1v) is 10.5. The van der Waals surface area contributed by atoms with Crippen molar-refractivity contribution in [2.45, 2.75) is 20.8 Å². The summed E-state index contributed by atoms with van der Waals surface area (Å²) in [5.74, 6) is 2.85. The van der Waals surface area contributed by atoms with Crippen molar-refractivity contribution >= 4 is 22.9 Å². The van der Waals surface area contributed by atoms with E-state index >= 15 is 0 Å². The predicted molar refractivity (Wildman–Crippen MR) is 115 cm³/mol. The van der Waals surface area contributed by atoms with Crippen LogP contribution in [0.25, 0.3) is 17.0 Å². The van der Waals surface area contributed by atoms with Gasteiger partial charge in [0.05, 0.1) is 37.5 Å². The first-order valence-electron chi connectivity index (χ1n) is 10.5. The van der Waals surface area contributed by atoms with Gasteiger partial charge >= 0.3 is 0 Å². The van der Waals surface area contributed by atoms with Crippen molar-refractivity contribution in [3.05, 3.63) is 29.1 Å². The molecule has 0 saturated carbocycles. The minimum Gasteiger partial charge on any atom is -0.378 e. The lowest BCUT2D eigenvalue weighted by Gasteiger charge is -2.30. The summed E-state index contributed by atoms with van der Waals surface area (Å²) in [6.07, 6.45) is 0. The molecular weight excluding hydrogens is 382 g/mol. The molecule has 0 radical (unpaired) electrons. The van der Waals surface area contributed by atoms with Gasteiger partial charge < -0.3 is 19.3 Å². The third kappa shape index (κ3) is 3.48. The molecule has 0 spiro atoms. The lowest BCUT2D eigenvalue weighted by molar-refractivity contribution is 0.121. The molecule has 3 aromatic rings. The van der Waals surface area contributed by atoms with Gasteiger partial charge in [-0.05, 0) is 44.0 Å². The topological polar surface area (TPSA) is 81.4 Å². The van der Waals surface area contributed by atoms with Crippen LogP contribution in [-0.2, 0) is 9.47 Å². The number of fused-ring (bicyclic) bond motifs is 1. The quantitative estimate of drug-likeness (QED) is 0.648. The monoisotopic (exact) mass is 409 g/mol. The maximum Gasteiger partial charge on any atom is 0.242 e. The molecular formula is C21H27N7O2. The summed E-state index contributed by atoms with van der Waals surface area (Å²) in [5.41, 5.74) is 4.42. The smallest absolute Gasteiger partial charge is 0.242 e. The summed E-state index contributed by atoms with van der Waals surface area (Å²) < 4.78 is 13.1. The normalized spacial score (nSPS) is 17.7. The Kier molecular flexibility index (Phi) is 5.00. The van der Waals surface area contributed by atoms with E-state index in [0.717, 1.165) is 43.0 Å². The fourth-order valence-corrected chi connectivity index (χ4v) is 3.96. The molecule has 5 rings (SSSR count).